The molecule has 0 spiro atoms. The van der Waals surface area contributed by atoms with Crippen LogP contribution in [-0.2, 0) is 80.9 Å². The topological polar surface area (TPSA) is 336 Å². The van der Waals surface area contributed by atoms with Crippen LogP contribution in [0, 0.1) is 0 Å². The van der Waals surface area contributed by atoms with E-state index in [9.17, 15) is 33.6 Å². The van der Waals surface area contributed by atoms with Crippen molar-refractivity contribution >= 4 is 41.4 Å². The quantitative estimate of drug-likeness (QED) is 0.0210. The Bertz CT molecular complexity index is 1340. The molecule has 26 heteroatoms. The highest BCUT2D eigenvalue weighted by molar-refractivity contribution is 6.13. The van der Waals surface area contributed by atoms with Crippen molar-refractivity contribution in [1.29, 1.82) is 0 Å². The second kappa shape index (κ2) is 43.7. The largest absolute Gasteiger partial charge is 0.394 e. The number of hydrogen-bond donors (Lipinski definition) is 8. The third kappa shape index (κ3) is 36.3. The van der Waals surface area contributed by atoms with Crippen LogP contribution >= 0.6 is 0 Å². The molecule has 1 rings (SSSR count). The highest BCUT2D eigenvalue weighted by Gasteiger charge is 2.34. The summed E-state index contributed by atoms with van der Waals surface area (Å²) in [6.45, 7) is 2.86. The first kappa shape index (κ1) is 62.7. The van der Waals surface area contributed by atoms with Crippen LogP contribution in [0.1, 0.15) is 32.1 Å². The molecule has 0 unspecified atom stereocenters. The number of nitrogens with zero attached hydrogens (tertiary/aromatic N) is 1. The number of carbonyl (C=O) groups is 7. The summed E-state index contributed by atoms with van der Waals surface area (Å²) in [5.74, 6) is -2.57. The molecule has 26 nitrogen and oxygen atoms in total. The van der Waals surface area contributed by atoms with Crippen molar-refractivity contribution in [2.45, 2.75) is 37.6 Å². The molecule has 0 aliphatic carbocycles. The van der Waals surface area contributed by atoms with Gasteiger partial charge in [-0.1, -0.05) is 0 Å². The molecular formula is C43H76N6O20. The van der Waals surface area contributed by atoms with Gasteiger partial charge in [0.25, 0.3) is 11.8 Å². The number of ether oxygens (including phenoxy) is 10. The van der Waals surface area contributed by atoms with Gasteiger partial charge in [0.05, 0.1) is 152 Å². The molecule has 0 aromatic carbocycles. The predicted molar refractivity (Wildman–Crippen MR) is 241 cm³/mol. The number of aliphatic hydroxyl groups excluding tert-OH is 3. The maximum Gasteiger partial charge on any atom is 0.253 e. The molecule has 0 bridgehead atoms. The third-order valence-corrected chi connectivity index (χ3v) is 8.99. The molecule has 398 valence electrons. The van der Waals surface area contributed by atoms with Gasteiger partial charge in [-0.15, -0.1) is 0 Å². The average molecular weight is 997 g/mol. The number of hydrogen-bond acceptors (Lipinski definition) is 20. The van der Waals surface area contributed by atoms with E-state index in [2.05, 4.69) is 26.6 Å². The first-order valence-electron chi connectivity index (χ1n) is 23.1. The molecule has 7 amide bonds. The van der Waals surface area contributed by atoms with E-state index >= 15 is 0 Å². The van der Waals surface area contributed by atoms with Gasteiger partial charge in [0.2, 0.25) is 29.5 Å². The molecular weight excluding hydrogens is 920 g/mol. The first-order chi connectivity index (χ1) is 33.6. The first-order valence-corrected chi connectivity index (χ1v) is 23.1. The minimum Gasteiger partial charge on any atom is -0.394 e. The van der Waals surface area contributed by atoms with E-state index in [0.29, 0.717) is 13.2 Å². The number of rotatable bonds is 49. The summed E-state index contributed by atoms with van der Waals surface area (Å²) < 4.78 is 55.1. The van der Waals surface area contributed by atoms with E-state index in [1.165, 1.54) is 12.2 Å². The predicted octanol–water partition coefficient (Wildman–Crippen LogP) is -4.68. The fourth-order valence-corrected chi connectivity index (χ4v) is 5.58. The van der Waals surface area contributed by atoms with E-state index in [0.717, 1.165) is 4.90 Å². The number of carbonyl (C=O) groups excluding carboxylic acids is 7. The van der Waals surface area contributed by atoms with Gasteiger partial charge < -0.3 is 89.3 Å². The minimum absolute atomic E-state index is 0.00356. The lowest BCUT2D eigenvalue weighted by Gasteiger charge is -2.34. The smallest absolute Gasteiger partial charge is 0.253 e. The molecule has 0 saturated heterocycles. The summed E-state index contributed by atoms with van der Waals surface area (Å²) in [4.78, 5) is 86.5. The zero-order chi connectivity index (χ0) is 50.5. The van der Waals surface area contributed by atoms with Gasteiger partial charge in [-0.05, 0) is 0 Å². The fraction of sp³-hybridized carbons (Fsp3) is 0.791. The Hall–Kier alpha value is -4.29. The van der Waals surface area contributed by atoms with Crippen molar-refractivity contribution < 1.29 is 96.2 Å². The summed E-state index contributed by atoms with van der Waals surface area (Å²) in [7, 11) is 0. The van der Waals surface area contributed by atoms with Gasteiger partial charge in [0, 0.05) is 77.0 Å². The lowest BCUT2D eigenvalue weighted by atomic mass is 10.0. The molecule has 69 heavy (non-hydrogen) atoms. The van der Waals surface area contributed by atoms with Crippen LogP contribution in [0.5, 0.6) is 0 Å². The Labute approximate surface area is 403 Å². The lowest BCUT2D eigenvalue weighted by Crippen LogP contribution is -2.59. The van der Waals surface area contributed by atoms with Crippen molar-refractivity contribution in [2.75, 3.05) is 185 Å². The fourth-order valence-electron chi connectivity index (χ4n) is 5.58. The maximum absolute atomic E-state index is 13.4. The second-order valence-corrected chi connectivity index (χ2v) is 14.8. The number of imide groups is 1. The minimum atomic E-state index is -1.34. The van der Waals surface area contributed by atoms with Gasteiger partial charge in [-0.3, -0.25) is 38.5 Å². The van der Waals surface area contributed by atoms with Gasteiger partial charge in [0.15, 0.2) is 0 Å². The Kier molecular flexibility index (Phi) is 39.7. The number of amides is 7. The Morgan fingerprint density at radius 2 is 0.681 bits per heavy atom. The summed E-state index contributed by atoms with van der Waals surface area (Å²) in [6.07, 6.45) is 2.19. The second-order valence-electron chi connectivity index (χ2n) is 14.8. The number of nitrogens with one attached hydrogen (secondary N) is 5. The summed E-state index contributed by atoms with van der Waals surface area (Å²) in [5.41, 5.74) is -1.34. The highest BCUT2D eigenvalue weighted by atomic mass is 16.6. The molecule has 0 saturated carbocycles. The number of aliphatic hydroxyl groups is 3. The Morgan fingerprint density at radius 3 is 1.04 bits per heavy atom. The van der Waals surface area contributed by atoms with Crippen LogP contribution in [-0.4, -0.2) is 252 Å². The third-order valence-electron chi connectivity index (χ3n) is 8.99. The summed E-state index contributed by atoms with van der Waals surface area (Å²) >= 11 is 0. The van der Waals surface area contributed by atoms with Gasteiger partial charge in [-0.25, -0.2) is 0 Å². The maximum atomic E-state index is 13.4. The summed E-state index contributed by atoms with van der Waals surface area (Å²) in [6, 6.07) is 0. The van der Waals surface area contributed by atoms with Gasteiger partial charge >= 0.3 is 0 Å². The van der Waals surface area contributed by atoms with Crippen molar-refractivity contribution in [3.8, 4) is 0 Å². The highest BCUT2D eigenvalue weighted by Crippen LogP contribution is 2.11. The van der Waals surface area contributed by atoms with Crippen LogP contribution in [0.2, 0.25) is 0 Å². The van der Waals surface area contributed by atoms with Crippen LogP contribution in [0.3, 0.4) is 0 Å². The average Bonchev–Trinajstić information content (AvgIpc) is 3.66. The monoisotopic (exact) mass is 997 g/mol. The lowest BCUT2D eigenvalue weighted by molar-refractivity contribution is -0.137. The van der Waals surface area contributed by atoms with Crippen molar-refractivity contribution in [2.24, 2.45) is 0 Å². The molecule has 0 atom stereocenters. The zero-order valence-electron chi connectivity index (χ0n) is 39.7. The molecule has 0 aromatic rings. The molecule has 1 heterocycles. The van der Waals surface area contributed by atoms with Crippen LogP contribution in [0.25, 0.3) is 0 Å². The normalized spacial score (nSPS) is 12.4. The zero-order valence-corrected chi connectivity index (χ0v) is 39.7. The molecule has 8 N–H and O–H groups in total. The van der Waals surface area contributed by atoms with Gasteiger partial charge in [0.1, 0.15) is 5.54 Å². The van der Waals surface area contributed by atoms with E-state index in [1.54, 1.807) is 0 Å². The standard InChI is InChI=1S/C43H76N6O20/c50-13-24-61-20-8-45-37(54)4-17-67-33-43(34-68-18-5-38(55)46-9-21-62-25-14-51,35-69-19-6-39(56)47-10-22-63-26-15-52)48-40(57)7-16-60-27-29-65-31-32-66-30-28-64-23-11-44-36(53)3-12-49-41(58)1-2-42(49)59/h1-2,50-52H,3-35H2,(H,44,53)(H,45,54)(H,46,55)(H,47,56)(H,48,57). The SMILES string of the molecule is O=C(CCOCC(COCCC(=O)NCCOCCO)(COCCC(=O)NCCOCCO)NC(=O)CCOCCOCCOCCOCCNC(=O)CCN1C(=O)C=CC1=O)NCCOCCO. The molecule has 0 radical (unpaired) electrons. The van der Waals surface area contributed by atoms with E-state index < -0.39 is 23.3 Å². The van der Waals surface area contributed by atoms with Crippen LogP contribution in [0.4, 0.5) is 0 Å². The molecule has 0 aromatic heterocycles. The van der Waals surface area contributed by atoms with E-state index in [-0.39, 0.29) is 227 Å². The van der Waals surface area contributed by atoms with Crippen molar-refractivity contribution in [3.05, 3.63) is 12.2 Å². The Morgan fingerprint density at radius 1 is 0.391 bits per heavy atom. The summed E-state index contributed by atoms with van der Waals surface area (Å²) in [5, 5.41) is 40.1. The van der Waals surface area contributed by atoms with Crippen molar-refractivity contribution in [3.63, 3.8) is 0 Å². The molecule has 1 aliphatic rings. The Balaban J connectivity index is 2.58. The van der Waals surface area contributed by atoms with Crippen LogP contribution in [0.15, 0.2) is 12.2 Å². The van der Waals surface area contributed by atoms with Crippen molar-refractivity contribution in [1.82, 2.24) is 31.5 Å². The van der Waals surface area contributed by atoms with Crippen LogP contribution < -0.4 is 26.6 Å². The van der Waals surface area contributed by atoms with E-state index in [1.807, 2.05) is 0 Å². The van der Waals surface area contributed by atoms with E-state index in [4.69, 9.17) is 62.7 Å². The molecule has 1 aliphatic heterocycles. The molecule has 0 fully saturated rings. The van der Waals surface area contributed by atoms with Gasteiger partial charge in [-0.2, -0.15) is 0 Å².